The van der Waals surface area contributed by atoms with Gasteiger partial charge < -0.3 is 17.9 Å². The molecule has 0 radical (unpaired) electrons. The third-order valence-electron chi connectivity index (χ3n) is 3.27. The van der Waals surface area contributed by atoms with E-state index >= 15 is 0 Å². The van der Waals surface area contributed by atoms with Crippen LogP contribution in [0.4, 0.5) is 0 Å². The molecule has 3 heteroatoms. The van der Waals surface area contributed by atoms with Crippen LogP contribution in [0.15, 0.2) is 3.34 Å². The van der Waals surface area contributed by atoms with E-state index in [1.807, 2.05) is 0 Å². The van der Waals surface area contributed by atoms with Gasteiger partial charge in [-0.15, -0.1) is 0 Å². The van der Waals surface area contributed by atoms with Crippen molar-refractivity contribution in [1.82, 2.24) is 0 Å². The monoisotopic (exact) mass is 450 g/mol. The van der Waals surface area contributed by atoms with Gasteiger partial charge in [0.05, 0.1) is 0 Å². The molecule has 121 valence electrons. The summed E-state index contributed by atoms with van der Waals surface area (Å²) in [7, 11) is 1.00. The van der Waals surface area contributed by atoms with Gasteiger partial charge in [0.2, 0.25) is 0 Å². The molecule has 0 atom stereocenters. The van der Waals surface area contributed by atoms with Gasteiger partial charge in [0.25, 0.3) is 0 Å². The van der Waals surface area contributed by atoms with Gasteiger partial charge in [0.15, 0.2) is 0 Å². The standard InChI is InChI=1S/C7H13.C6H11.C3H7N.CH4O.Ta/c1-7-5-3-2-4-6-7;1-2-4-6-5-3-1;1-3(2)4;1-2;/h2,7H,3-6H2,1H3;1H,2-6H2;3H,1-2H3;2H,1H3;/q2*-1;;;. The molecule has 20 heavy (non-hydrogen) atoms. The fraction of sp³-hybridized carbons (Fsp3) is 0.882. The minimum atomic E-state index is 0.559. The van der Waals surface area contributed by atoms with Crippen molar-refractivity contribution < 1.29 is 26.0 Å². The molecule has 2 nitrogen and oxygen atoms in total. The van der Waals surface area contributed by atoms with Crippen molar-refractivity contribution in [2.75, 3.05) is 7.11 Å². The van der Waals surface area contributed by atoms with E-state index in [0.717, 1.165) is 33.9 Å². The predicted octanol–water partition coefficient (Wildman–Crippen LogP) is 5.29. The van der Waals surface area contributed by atoms with E-state index in [-0.39, 0.29) is 0 Å². The van der Waals surface area contributed by atoms with E-state index in [0.29, 0.717) is 6.04 Å². The summed E-state index contributed by atoms with van der Waals surface area (Å²) in [6.45, 7) is 6.51. The molecule has 0 saturated heterocycles. The zero-order valence-electron chi connectivity index (χ0n) is 14.0. The van der Waals surface area contributed by atoms with Gasteiger partial charge in [0, 0.05) is 7.11 Å². The molecule has 0 heterocycles. The summed E-state index contributed by atoms with van der Waals surface area (Å²) < 4.78 is 4.00. The predicted molar refractivity (Wildman–Crippen MR) is 85.0 cm³/mol. The van der Waals surface area contributed by atoms with Crippen molar-refractivity contribution in [2.45, 2.75) is 84.6 Å². The second kappa shape index (κ2) is 19.5. The molecule has 0 unspecified atom stereocenters. The quantitative estimate of drug-likeness (QED) is 0.541. The van der Waals surface area contributed by atoms with Gasteiger partial charge in [-0.1, -0.05) is 39.0 Å². The Morgan fingerprint density at radius 1 is 0.950 bits per heavy atom. The number of aliphatic hydroxyl groups excluding tert-OH is 1. The third kappa shape index (κ3) is 20.8. The van der Waals surface area contributed by atoms with Crippen LogP contribution in [0.3, 0.4) is 0 Å². The van der Waals surface area contributed by atoms with E-state index in [2.05, 4.69) is 37.0 Å². The molecule has 0 aromatic heterocycles. The van der Waals surface area contributed by atoms with Crippen molar-refractivity contribution in [3.63, 3.8) is 0 Å². The molecule has 0 amide bonds. The Labute approximate surface area is 139 Å². The molecular weight excluding hydrogens is 415 g/mol. The minimum absolute atomic E-state index is 0.559. The first-order valence-corrected chi connectivity index (χ1v) is 9.52. The number of hydrogen-bond donors (Lipinski definition) is 1. The second-order valence-corrected chi connectivity index (χ2v) is 6.51. The summed E-state index contributed by atoms with van der Waals surface area (Å²) in [5.41, 5.74) is 0. The normalized spacial score (nSPS) is 18.4. The first-order valence-electron chi connectivity index (χ1n) is 8.09. The molecule has 0 bridgehead atoms. The molecule has 0 aliphatic heterocycles. The van der Waals surface area contributed by atoms with Crippen molar-refractivity contribution in [1.29, 1.82) is 0 Å². The number of aliphatic hydroxyl groups is 1. The Hall–Kier alpha value is 0.500. The molecule has 2 rings (SSSR count). The van der Waals surface area contributed by atoms with Gasteiger partial charge in [-0.3, -0.25) is 0 Å². The average molecular weight is 450 g/mol. The van der Waals surface area contributed by atoms with Crippen LogP contribution in [0, 0.1) is 18.8 Å². The van der Waals surface area contributed by atoms with E-state index in [4.69, 9.17) is 5.11 Å². The Morgan fingerprint density at radius 3 is 1.50 bits per heavy atom. The second-order valence-electron chi connectivity index (χ2n) is 5.68. The SMILES string of the molecule is CC(C)[N]=[Ta].CC1CC[CH-]CC1.CO.[CH-]1CCCCC1. The van der Waals surface area contributed by atoms with Crippen LogP contribution >= 0.6 is 0 Å². The smallest absolute Gasteiger partial charge is 0.0319 e. The Balaban J connectivity index is 0. The fourth-order valence-electron chi connectivity index (χ4n) is 1.99. The van der Waals surface area contributed by atoms with Gasteiger partial charge in [-0.05, 0) is 5.92 Å². The van der Waals surface area contributed by atoms with Crippen molar-refractivity contribution in [2.24, 2.45) is 9.26 Å². The third-order valence-corrected chi connectivity index (χ3v) is 4.93. The number of nitrogens with zero attached hydrogens (tertiary/aromatic N) is 1. The fourth-order valence-corrected chi connectivity index (χ4v) is 1.99. The number of hydrogen-bond acceptors (Lipinski definition) is 2. The zero-order chi connectivity index (χ0) is 15.6. The molecule has 2 aliphatic carbocycles. The van der Waals surface area contributed by atoms with Crippen LogP contribution in [-0.2, 0) is 20.9 Å². The molecule has 0 aromatic carbocycles. The Morgan fingerprint density at radius 2 is 1.35 bits per heavy atom. The molecule has 0 aromatic rings. The van der Waals surface area contributed by atoms with Crippen molar-refractivity contribution in [3.05, 3.63) is 12.8 Å². The summed E-state index contributed by atoms with van der Waals surface area (Å²) in [5.74, 6) is 1.00. The summed E-state index contributed by atoms with van der Waals surface area (Å²) in [5, 5.41) is 7.00. The molecule has 2 saturated carbocycles. The van der Waals surface area contributed by atoms with Gasteiger partial charge in [0.1, 0.15) is 0 Å². The number of rotatable bonds is 1. The van der Waals surface area contributed by atoms with Gasteiger partial charge in [-0.2, -0.15) is 25.7 Å². The molecule has 0 spiro atoms. The van der Waals surface area contributed by atoms with Crippen molar-refractivity contribution in [3.8, 4) is 0 Å². The van der Waals surface area contributed by atoms with E-state index < -0.39 is 0 Å². The first-order chi connectivity index (χ1) is 9.66. The summed E-state index contributed by atoms with van der Waals surface area (Å²) in [6, 6.07) is 0.559. The van der Waals surface area contributed by atoms with Gasteiger partial charge in [-0.25, -0.2) is 0 Å². The van der Waals surface area contributed by atoms with E-state index in [9.17, 15) is 0 Å². The minimum Gasteiger partial charge on any atom is -0.400 e. The zero-order valence-corrected chi connectivity index (χ0v) is 17.2. The summed E-state index contributed by atoms with van der Waals surface area (Å²) >= 11 is 1.16. The van der Waals surface area contributed by atoms with E-state index in [1.165, 1.54) is 57.8 Å². The van der Waals surface area contributed by atoms with Crippen LogP contribution in [-0.4, -0.2) is 18.3 Å². The molecule has 1 N–H and O–H groups in total. The Kier molecular flexibility index (Phi) is 22.2. The van der Waals surface area contributed by atoms with Crippen molar-refractivity contribution >= 4 is 0 Å². The van der Waals surface area contributed by atoms with Crippen LogP contribution in [0.1, 0.15) is 78.6 Å². The van der Waals surface area contributed by atoms with Crippen LogP contribution in [0.5, 0.6) is 0 Å². The van der Waals surface area contributed by atoms with E-state index in [1.54, 1.807) is 0 Å². The molecular formula is C17H35NOTa-2. The van der Waals surface area contributed by atoms with Gasteiger partial charge >= 0.3 is 44.1 Å². The topological polar surface area (TPSA) is 32.6 Å². The summed E-state index contributed by atoms with van der Waals surface area (Å²) in [4.78, 5) is 0. The van der Waals surface area contributed by atoms with Crippen LogP contribution in [0.25, 0.3) is 0 Å². The first kappa shape index (κ1) is 22.8. The Bertz CT molecular complexity index is 164. The molecule has 2 aliphatic rings. The largest absolute Gasteiger partial charge is 0.400 e. The van der Waals surface area contributed by atoms with Crippen LogP contribution < -0.4 is 0 Å². The maximum Gasteiger partial charge on any atom is 0.0319 e. The van der Waals surface area contributed by atoms with Crippen LogP contribution in [0.2, 0.25) is 0 Å². The maximum absolute atomic E-state index is 7.00. The molecule has 2 fully saturated rings. The maximum atomic E-state index is 7.00. The summed E-state index contributed by atoms with van der Waals surface area (Å²) in [6.07, 6.45) is 17.5. The average Bonchev–Trinajstić information content (AvgIpc) is 2.53.